The van der Waals surface area contributed by atoms with E-state index in [1.807, 2.05) is 0 Å². The molecule has 1 heterocycles. The quantitative estimate of drug-likeness (QED) is 0.149. The van der Waals surface area contributed by atoms with Gasteiger partial charge in [0, 0.05) is 5.41 Å². The number of rotatable bonds is 9. The average molecular weight is 386 g/mol. The van der Waals surface area contributed by atoms with E-state index in [1.54, 1.807) is 27.7 Å². The van der Waals surface area contributed by atoms with Crippen LogP contribution in [0.2, 0.25) is 0 Å². The van der Waals surface area contributed by atoms with Gasteiger partial charge >= 0.3 is 25.0 Å². The minimum atomic E-state index is -4.36. The SMILES string of the molecule is C=C(C)COP(=O)(OCC(=C)C)C(=[N+]=[N-])C(=O)O[C@H]1C(=O)OCC1(C)C. The van der Waals surface area contributed by atoms with Gasteiger partial charge in [0.05, 0.1) is 13.2 Å². The highest BCUT2D eigenvalue weighted by atomic mass is 31.2. The fourth-order valence-electron chi connectivity index (χ4n) is 1.85. The van der Waals surface area contributed by atoms with E-state index in [1.165, 1.54) is 0 Å². The maximum atomic E-state index is 13.0. The molecule has 144 valence electrons. The first kappa shape index (κ1) is 22.0. The highest BCUT2D eigenvalue weighted by molar-refractivity contribution is 7.74. The molecular weight excluding hydrogens is 363 g/mol. The van der Waals surface area contributed by atoms with Crippen molar-refractivity contribution in [2.75, 3.05) is 19.8 Å². The van der Waals surface area contributed by atoms with E-state index < -0.39 is 36.5 Å². The summed E-state index contributed by atoms with van der Waals surface area (Å²) in [6.45, 7) is 13.3. The van der Waals surface area contributed by atoms with Crippen LogP contribution in [0.1, 0.15) is 27.7 Å². The first-order chi connectivity index (χ1) is 11.9. The van der Waals surface area contributed by atoms with Crippen LogP contribution in [-0.2, 0) is 32.7 Å². The van der Waals surface area contributed by atoms with Crippen molar-refractivity contribution in [2.24, 2.45) is 5.41 Å². The number of carbonyl (C=O) groups is 2. The smallest absolute Gasteiger partial charge is 0.462 e. The van der Waals surface area contributed by atoms with E-state index in [-0.39, 0.29) is 19.8 Å². The summed E-state index contributed by atoms with van der Waals surface area (Å²) < 4.78 is 33.2. The van der Waals surface area contributed by atoms with Crippen LogP contribution in [0.3, 0.4) is 0 Å². The number of hydrogen-bond acceptors (Lipinski definition) is 7. The second-order valence-corrected chi connectivity index (χ2v) is 8.70. The molecule has 26 heavy (non-hydrogen) atoms. The molecule has 0 aromatic rings. The van der Waals surface area contributed by atoms with Crippen LogP contribution in [0.15, 0.2) is 24.3 Å². The Labute approximate surface area is 152 Å². The van der Waals surface area contributed by atoms with Crippen LogP contribution in [0.25, 0.3) is 5.53 Å². The van der Waals surface area contributed by atoms with E-state index in [0.29, 0.717) is 11.1 Å². The van der Waals surface area contributed by atoms with Crippen molar-refractivity contribution in [1.82, 2.24) is 0 Å². The lowest BCUT2D eigenvalue weighted by atomic mass is 9.90. The Balaban J connectivity index is 3.08. The Kier molecular flexibility index (Phi) is 7.24. The minimum absolute atomic E-state index is 0.0470. The highest BCUT2D eigenvalue weighted by Gasteiger charge is 2.53. The first-order valence-corrected chi connectivity index (χ1v) is 9.25. The summed E-state index contributed by atoms with van der Waals surface area (Å²) in [5, 5.41) is 0. The van der Waals surface area contributed by atoms with Gasteiger partial charge in [-0.2, -0.15) is 0 Å². The van der Waals surface area contributed by atoms with Gasteiger partial charge in [0.15, 0.2) is 0 Å². The van der Waals surface area contributed by atoms with Crippen molar-refractivity contribution < 1.29 is 37.5 Å². The van der Waals surface area contributed by atoms with Crippen molar-refractivity contribution in [2.45, 2.75) is 33.8 Å². The number of hydrogen-bond donors (Lipinski definition) is 0. The van der Waals surface area contributed by atoms with Crippen molar-refractivity contribution >= 4 is 25.0 Å². The first-order valence-electron chi connectivity index (χ1n) is 7.71. The highest BCUT2D eigenvalue weighted by Crippen LogP contribution is 2.50. The molecular formula is C16H23N2O7P. The van der Waals surface area contributed by atoms with Gasteiger partial charge in [0.1, 0.15) is 6.61 Å². The Hall–Kier alpha value is -2.05. The molecule has 10 heteroatoms. The monoisotopic (exact) mass is 386 g/mol. The largest absolute Gasteiger partial charge is 0.484 e. The van der Waals surface area contributed by atoms with E-state index in [9.17, 15) is 19.7 Å². The zero-order chi connectivity index (χ0) is 20.1. The van der Waals surface area contributed by atoms with Crippen molar-refractivity contribution in [3.63, 3.8) is 0 Å². The third-order valence-electron chi connectivity index (χ3n) is 3.23. The lowest BCUT2D eigenvalue weighted by Crippen LogP contribution is -2.37. The normalized spacial score (nSPS) is 18.6. The number of cyclic esters (lactones) is 1. The molecule has 0 bridgehead atoms. The maximum Gasteiger partial charge on any atom is 0.484 e. The van der Waals surface area contributed by atoms with Gasteiger partial charge in [-0.1, -0.05) is 38.2 Å². The fraction of sp³-hybridized carbons (Fsp3) is 0.562. The molecule has 1 aliphatic heterocycles. The van der Waals surface area contributed by atoms with Crippen LogP contribution in [0, 0.1) is 5.41 Å². The lowest BCUT2D eigenvalue weighted by Gasteiger charge is -2.21. The van der Waals surface area contributed by atoms with Crippen LogP contribution in [-0.4, -0.2) is 48.1 Å². The standard InChI is InChI=1S/C16H23N2O7P/c1-10(2)7-23-26(21,24-8-11(3)4)13(18-17)15(20)25-12-14(19)22-9-16(12,5)6/h12H,1,3,7-9H2,2,4-6H3/t12-/m0/s1. The van der Waals surface area contributed by atoms with E-state index >= 15 is 0 Å². The summed E-state index contributed by atoms with van der Waals surface area (Å²) in [5.74, 6) is -2.06. The average Bonchev–Trinajstić information content (AvgIpc) is 2.79. The van der Waals surface area contributed by atoms with Crippen LogP contribution >= 0.6 is 7.60 Å². The van der Waals surface area contributed by atoms with Gasteiger partial charge in [-0.05, 0) is 13.8 Å². The zero-order valence-electron chi connectivity index (χ0n) is 15.3. The molecule has 1 atom stereocenters. The summed E-state index contributed by atoms with van der Waals surface area (Å²) >= 11 is 0. The third kappa shape index (κ3) is 5.47. The summed E-state index contributed by atoms with van der Waals surface area (Å²) in [6.07, 6.45) is -1.25. The Morgan fingerprint density at radius 2 is 1.81 bits per heavy atom. The van der Waals surface area contributed by atoms with Gasteiger partial charge in [-0.3, -0.25) is 9.05 Å². The third-order valence-corrected chi connectivity index (χ3v) is 4.96. The molecule has 1 fully saturated rings. The van der Waals surface area contributed by atoms with E-state index in [2.05, 4.69) is 17.9 Å². The summed E-state index contributed by atoms with van der Waals surface area (Å²) in [4.78, 5) is 26.9. The van der Waals surface area contributed by atoms with Gasteiger partial charge in [-0.25, -0.2) is 14.2 Å². The molecule has 0 aromatic heterocycles. The van der Waals surface area contributed by atoms with Gasteiger partial charge in [-0.15, -0.1) is 4.79 Å². The molecule has 0 amide bonds. The van der Waals surface area contributed by atoms with Gasteiger partial charge < -0.3 is 15.0 Å². The number of esters is 2. The van der Waals surface area contributed by atoms with Crippen molar-refractivity contribution in [3.05, 3.63) is 29.8 Å². The molecule has 0 radical (unpaired) electrons. The maximum absolute atomic E-state index is 13.0. The molecule has 0 spiro atoms. The molecule has 0 unspecified atom stereocenters. The Morgan fingerprint density at radius 1 is 1.31 bits per heavy atom. The summed E-state index contributed by atoms with van der Waals surface area (Å²) in [6, 6.07) is 0. The molecule has 1 saturated heterocycles. The van der Waals surface area contributed by atoms with Crippen molar-refractivity contribution in [3.8, 4) is 0 Å². The topological polar surface area (TPSA) is 125 Å². The predicted octanol–water partition coefficient (Wildman–Crippen LogP) is 2.49. The second kappa shape index (κ2) is 8.56. The van der Waals surface area contributed by atoms with Crippen LogP contribution < -0.4 is 0 Å². The molecule has 0 saturated carbocycles. The molecule has 1 aliphatic rings. The molecule has 0 aliphatic carbocycles. The van der Waals surface area contributed by atoms with E-state index in [0.717, 1.165) is 0 Å². The molecule has 0 aromatic carbocycles. The summed E-state index contributed by atoms with van der Waals surface area (Å²) in [7, 11) is -4.36. The number of carbonyl (C=O) groups excluding carboxylic acids is 2. The predicted molar refractivity (Wildman–Crippen MR) is 92.4 cm³/mol. The summed E-state index contributed by atoms with van der Waals surface area (Å²) in [5.41, 5.74) is 8.44. The van der Waals surface area contributed by atoms with Crippen LogP contribution in [0.5, 0.6) is 0 Å². The van der Waals surface area contributed by atoms with E-state index in [4.69, 9.17) is 18.5 Å². The molecule has 9 nitrogen and oxygen atoms in total. The lowest BCUT2D eigenvalue weighted by molar-refractivity contribution is -0.160. The second-order valence-electron chi connectivity index (χ2n) is 6.76. The number of ether oxygens (including phenoxy) is 2. The van der Waals surface area contributed by atoms with Gasteiger partial charge in [0.25, 0.3) is 0 Å². The van der Waals surface area contributed by atoms with Crippen molar-refractivity contribution in [1.29, 1.82) is 0 Å². The Morgan fingerprint density at radius 3 is 2.15 bits per heavy atom. The fourth-order valence-corrected chi connectivity index (χ4v) is 3.34. The van der Waals surface area contributed by atoms with Gasteiger partial charge in [0.2, 0.25) is 6.10 Å². The Bertz CT molecular complexity index is 700. The molecule has 0 N–H and O–H groups in total. The minimum Gasteiger partial charge on any atom is -0.462 e. The molecule has 1 rings (SSSR count). The van der Waals surface area contributed by atoms with Crippen LogP contribution in [0.4, 0.5) is 0 Å². The zero-order valence-corrected chi connectivity index (χ0v) is 16.2. The number of nitrogens with zero attached hydrogens (tertiary/aromatic N) is 2.